The van der Waals surface area contributed by atoms with Crippen molar-refractivity contribution in [2.45, 2.75) is 110 Å². The van der Waals surface area contributed by atoms with E-state index in [9.17, 15) is 29.4 Å². The van der Waals surface area contributed by atoms with Crippen LogP contribution in [0, 0.1) is 29.6 Å². The van der Waals surface area contributed by atoms with E-state index in [1.165, 1.54) is 34.0 Å². The molecule has 1 amide bonds. The maximum Gasteiger partial charge on any atom is 0.351 e. The van der Waals surface area contributed by atoms with Crippen molar-refractivity contribution >= 4 is 23.3 Å². The van der Waals surface area contributed by atoms with Crippen molar-refractivity contribution in [2.75, 3.05) is 18.1 Å². The second kappa shape index (κ2) is 18.9. The second-order valence-corrected chi connectivity index (χ2v) is 14.9. The summed E-state index contributed by atoms with van der Waals surface area (Å²) in [6.07, 6.45) is 3.47. The Labute approximate surface area is 342 Å². The number of allylic oxidation sites excluding steroid dienone is 1. The van der Waals surface area contributed by atoms with Gasteiger partial charge in [-0.15, -0.1) is 0 Å². The number of anilines is 2. The van der Waals surface area contributed by atoms with Gasteiger partial charge in [0.15, 0.2) is 23.0 Å². The summed E-state index contributed by atoms with van der Waals surface area (Å²) in [4.78, 5) is 63.9. The number of ketones is 1. The Balaban J connectivity index is 0.000000198. The highest BCUT2D eigenvalue weighted by molar-refractivity contribution is 6.06. The van der Waals surface area contributed by atoms with Gasteiger partial charge < -0.3 is 35.9 Å². The van der Waals surface area contributed by atoms with Crippen molar-refractivity contribution in [3.8, 4) is 0 Å². The van der Waals surface area contributed by atoms with Gasteiger partial charge in [-0.05, 0) is 59.5 Å². The summed E-state index contributed by atoms with van der Waals surface area (Å²) >= 11 is 0. The van der Waals surface area contributed by atoms with Crippen LogP contribution in [0.2, 0.25) is 0 Å². The molecule has 0 saturated carbocycles. The molecule has 0 bridgehead atoms. The number of carbonyl (C=O) groups excluding carboxylic acids is 2. The van der Waals surface area contributed by atoms with Gasteiger partial charge in [-0.1, -0.05) is 63.8 Å². The number of aromatic nitrogens is 4. The molecule has 25 heteroatoms. The molecule has 25 nitrogen and oxygen atoms in total. The molecular weight excluding hydrogens is 788 g/mol. The van der Waals surface area contributed by atoms with E-state index in [-0.39, 0.29) is 53.4 Å². The summed E-state index contributed by atoms with van der Waals surface area (Å²) in [5.74, 6) is -0.898. The third-order valence-corrected chi connectivity index (χ3v) is 11.7. The van der Waals surface area contributed by atoms with E-state index in [1.807, 2.05) is 41.5 Å². The van der Waals surface area contributed by atoms with Gasteiger partial charge in [-0.25, -0.2) is 9.59 Å². The molecule has 6 heterocycles. The molecule has 2 aromatic rings. The van der Waals surface area contributed by atoms with Crippen molar-refractivity contribution in [1.82, 2.24) is 24.0 Å². The fourth-order valence-corrected chi connectivity index (χ4v) is 7.71. The summed E-state index contributed by atoms with van der Waals surface area (Å²) in [6, 6.07) is 2.94. The maximum atomic E-state index is 12.0. The number of azide groups is 3. The van der Waals surface area contributed by atoms with Gasteiger partial charge in [0, 0.05) is 51.1 Å². The highest BCUT2D eigenvalue weighted by atomic mass is 16.6. The Morgan fingerprint density at radius 2 is 1.17 bits per heavy atom. The lowest BCUT2D eigenvalue weighted by Crippen LogP contribution is -2.42. The van der Waals surface area contributed by atoms with E-state index in [2.05, 4.69) is 40.0 Å². The number of hydrogen-bond donors (Lipinski definition) is 4. The first-order valence-corrected chi connectivity index (χ1v) is 19.1. The molecule has 0 spiro atoms. The highest BCUT2D eigenvalue weighted by Gasteiger charge is 2.54. The molecule has 0 unspecified atom stereocenters. The predicted molar refractivity (Wildman–Crippen MR) is 212 cm³/mol. The van der Waals surface area contributed by atoms with Crippen LogP contribution in [0.25, 0.3) is 31.3 Å². The lowest BCUT2D eigenvalue weighted by molar-refractivity contribution is -0.151. The highest BCUT2D eigenvalue weighted by Crippen LogP contribution is 2.48. The number of nitrogens with two attached hydrogens (primary N) is 2. The number of ether oxygens (including phenoxy) is 3. The summed E-state index contributed by atoms with van der Waals surface area (Å²) < 4.78 is 19.8. The van der Waals surface area contributed by atoms with Gasteiger partial charge in [-0.3, -0.25) is 23.6 Å². The normalized spacial score (nSPS) is 34.3. The van der Waals surface area contributed by atoms with Crippen molar-refractivity contribution in [2.24, 2.45) is 44.9 Å². The third kappa shape index (κ3) is 8.93. The fourth-order valence-electron chi connectivity index (χ4n) is 7.71. The van der Waals surface area contributed by atoms with E-state index in [0.717, 1.165) is 4.57 Å². The molecule has 0 radical (unpaired) electrons. The molecule has 3 fully saturated rings. The van der Waals surface area contributed by atoms with Gasteiger partial charge in [0.2, 0.25) is 5.91 Å². The molecule has 6 N–H and O–H groups in total. The Morgan fingerprint density at radius 3 is 1.58 bits per heavy atom. The van der Waals surface area contributed by atoms with Crippen molar-refractivity contribution in [3.05, 3.63) is 89.1 Å². The molecule has 3 saturated heterocycles. The Morgan fingerprint density at radius 1 is 0.750 bits per heavy atom. The summed E-state index contributed by atoms with van der Waals surface area (Å²) in [5, 5.41) is 30.4. The SMILES string of the molecule is CC[C@@]1(N=[N+]=[N-])O[C@@H](N2C=CC(=O)CC2=O)[C@@H](C)[C@@H]1C.CC[C@@]1(N=[N+]=[N-])O[C@@H](n2ccc(N)nc2=O)[C@@H](C)[C@@H]1C.C[C@@H]1[C@H](n2ccc(N)nc2=O)O[C@@](CO)(N=[N+]=[N-])[C@H]1O. The first-order valence-electron chi connectivity index (χ1n) is 19.1. The van der Waals surface area contributed by atoms with Crippen molar-refractivity contribution in [3.63, 3.8) is 0 Å². The van der Waals surface area contributed by atoms with E-state index >= 15 is 0 Å². The molecule has 12 atom stereocenters. The third-order valence-electron chi connectivity index (χ3n) is 11.7. The molecule has 324 valence electrons. The first kappa shape index (κ1) is 46.7. The topological polar surface area (TPSA) is 374 Å². The Kier molecular flexibility index (Phi) is 14.7. The van der Waals surface area contributed by atoms with E-state index < -0.39 is 65.9 Å². The predicted octanol–water partition coefficient (Wildman–Crippen LogP) is 3.74. The number of amides is 1. The number of nitrogen functional groups attached to an aromatic ring is 2. The van der Waals surface area contributed by atoms with Crippen LogP contribution in [-0.4, -0.2) is 82.0 Å². The van der Waals surface area contributed by atoms with E-state index in [1.54, 1.807) is 19.2 Å². The van der Waals surface area contributed by atoms with Crippen molar-refractivity contribution < 1.29 is 34.0 Å². The van der Waals surface area contributed by atoms with Crippen LogP contribution < -0.4 is 22.8 Å². The number of nitrogens with zero attached hydrogens (tertiary/aromatic N) is 14. The number of aliphatic hydroxyl groups excluding tert-OH is 2. The minimum Gasteiger partial charge on any atom is -0.393 e. The number of carbonyl (C=O) groups is 2. The maximum absolute atomic E-state index is 12.0. The van der Waals surface area contributed by atoms with Crippen LogP contribution in [0.5, 0.6) is 0 Å². The summed E-state index contributed by atoms with van der Waals surface area (Å²) in [7, 11) is 0. The monoisotopic (exact) mass is 838 g/mol. The summed E-state index contributed by atoms with van der Waals surface area (Å²) in [6.45, 7) is 12.5. The quantitative estimate of drug-likeness (QED) is 0.121. The molecule has 4 aliphatic rings. The molecule has 4 aliphatic heterocycles. The van der Waals surface area contributed by atoms with Crippen LogP contribution >= 0.6 is 0 Å². The fraction of sp³-hybridized carbons (Fsp3) is 0.657. The van der Waals surface area contributed by atoms with Gasteiger partial charge in [0.05, 0.1) is 19.1 Å². The average molecular weight is 839 g/mol. The zero-order chi connectivity index (χ0) is 44.7. The number of rotatable bonds is 9. The molecule has 0 aliphatic carbocycles. The van der Waals surface area contributed by atoms with Crippen LogP contribution in [-0.2, 0) is 23.8 Å². The standard InChI is InChI=1S/C13H18N4O3.C12H18N6O2.C10H14N6O4/c1-4-13(15-16-14)9(3)8(2)12(20-13)17-6-5-10(18)7-11(17)19;1-4-12(16-17-14)8(3)7(2)10(20-12)18-6-5-9(13)15-11(18)19;1-5-7(18)10(4-17,14-15-12)20-8(5)16-3-2-6(11)13-9(16)19/h5-6,8-9,12H,4,7H2,1-3H3;5-8,10H,4H2,1-3H3,(H2,13,15,19);2-3,5,7-8,17-18H,4H2,1H3,(H2,11,13,19)/t8-,9-,12+,13+;7-,8-,10+,12+;5-,7-,8+,10+/m000/s1. The lowest BCUT2D eigenvalue weighted by Gasteiger charge is -2.31. The average Bonchev–Trinajstić information content (AvgIpc) is 3.72. The number of aliphatic hydroxyl groups is 2. The first-order chi connectivity index (χ1) is 28.3. The minimum atomic E-state index is -1.82. The van der Waals surface area contributed by atoms with Crippen molar-refractivity contribution in [1.29, 1.82) is 0 Å². The van der Waals surface area contributed by atoms with E-state index in [4.69, 9.17) is 42.3 Å². The molecule has 2 aromatic heterocycles. The van der Waals surface area contributed by atoms with Gasteiger partial charge in [0.1, 0.15) is 30.3 Å². The minimum absolute atomic E-state index is 0.00209. The Hall–Kier alpha value is -6.03. The van der Waals surface area contributed by atoms with Crippen LogP contribution in [0.15, 0.2) is 61.7 Å². The van der Waals surface area contributed by atoms with Gasteiger partial charge >= 0.3 is 11.4 Å². The van der Waals surface area contributed by atoms with Crippen LogP contribution in [0.4, 0.5) is 11.6 Å². The zero-order valence-electron chi connectivity index (χ0n) is 34.2. The molecule has 0 aromatic carbocycles. The molecule has 6 rings (SSSR count). The van der Waals surface area contributed by atoms with Gasteiger partial charge in [-0.2, -0.15) is 9.97 Å². The van der Waals surface area contributed by atoms with Crippen LogP contribution in [0.1, 0.15) is 80.2 Å². The van der Waals surface area contributed by atoms with Crippen LogP contribution in [0.3, 0.4) is 0 Å². The summed E-state index contributed by atoms with van der Waals surface area (Å²) in [5.41, 5.74) is 32.1. The zero-order valence-corrected chi connectivity index (χ0v) is 34.2. The molecule has 60 heavy (non-hydrogen) atoms. The largest absolute Gasteiger partial charge is 0.393 e. The smallest absolute Gasteiger partial charge is 0.351 e. The number of hydrogen-bond acceptors (Lipinski definition) is 16. The second-order valence-electron chi connectivity index (χ2n) is 14.9. The molecular formula is C35H50N16O9. The Bertz CT molecular complexity index is 2110. The van der Waals surface area contributed by atoms with E-state index in [0.29, 0.717) is 12.8 Å². The van der Waals surface area contributed by atoms with Gasteiger partial charge in [0.25, 0.3) is 0 Å². The lowest BCUT2D eigenvalue weighted by atomic mass is 9.87.